The monoisotopic (exact) mass is 317 g/mol. The third-order valence-electron chi connectivity index (χ3n) is 2.91. The topological polar surface area (TPSA) is 144 Å². The van der Waals surface area contributed by atoms with Crippen molar-refractivity contribution in [2.24, 2.45) is 5.92 Å². The molecule has 0 aromatic carbocycles. The molecule has 0 aromatic rings. The SMILES string of the molecule is CC(C)C(=O)NCCCC(C)(P(=O)(O)O)P(=O)(O)O. The van der Waals surface area contributed by atoms with E-state index < -0.39 is 20.1 Å². The van der Waals surface area contributed by atoms with Crippen molar-refractivity contribution in [3.8, 4) is 0 Å². The molecule has 0 unspecified atom stereocenters. The van der Waals surface area contributed by atoms with Gasteiger partial charge in [-0.3, -0.25) is 13.9 Å². The second-order valence-corrected chi connectivity index (χ2v) is 9.36. The highest BCUT2D eigenvalue weighted by molar-refractivity contribution is 7.72. The number of amides is 1. The molecule has 0 rings (SSSR count). The van der Waals surface area contributed by atoms with Crippen molar-refractivity contribution < 1.29 is 33.5 Å². The first-order valence-electron chi connectivity index (χ1n) is 5.72. The summed E-state index contributed by atoms with van der Waals surface area (Å²) >= 11 is 0. The Balaban J connectivity index is 4.62. The summed E-state index contributed by atoms with van der Waals surface area (Å²) in [5, 5.41) is 2.51. The van der Waals surface area contributed by atoms with Crippen LogP contribution >= 0.6 is 15.2 Å². The van der Waals surface area contributed by atoms with E-state index in [2.05, 4.69) is 5.32 Å². The molecule has 0 atom stereocenters. The number of carbonyl (C=O) groups is 1. The minimum Gasteiger partial charge on any atom is -0.356 e. The molecule has 0 bridgehead atoms. The molecule has 8 nitrogen and oxygen atoms in total. The van der Waals surface area contributed by atoms with Crippen molar-refractivity contribution in [2.45, 2.75) is 38.5 Å². The molecular weight excluding hydrogens is 296 g/mol. The molecule has 0 fully saturated rings. The first-order valence-corrected chi connectivity index (χ1v) is 8.94. The van der Waals surface area contributed by atoms with Gasteiger partial charge in [0.1, 0.15) is 0 Å². The average Bonchev–Trinajstić information content (AvgIpc) is 2.20. The Hall–Kier alpha value is -0.230. The Morgan fingerprint density at radius 3 is 1.89 bits per heavy atom. The molecular formula is C9H21NO7P2. The van der Waals surface area contributed by atoms with E-state index >= 15 is 0 Å². The molecule has 5 N–H and O–H groups in total. The third kappa shape index (κ3) is 4.99. The standard InChI is InChI=1S/C9H21NO7P2/c1-7(2)8(11)10-6-4-5-9(3,18(12,13)14)19(15,16)17/h7H,4-6H2,1-3H3,(H,10,11)(H2,12,13,14)(H2,15,16,17). The molecule has 0 aliphatic heterocycles. The molecule has 0 radical (unpaired) electrons. The van der Waals surface area contributed by atoms with Crippen LogP contribution < -0.4 is 5.32 Å². The van der Waals surface area contributed by atoms with Crippen LogP contribution in [0.1, 0.15) is 33.6 Å². The normalized spacial score (nSPS) is 13.7. The highest BCUT2D eigenvalue weighted by Crippen LogP contribution is 2.70. The van der Waals surface area contributed by atoms with Gasteiger partial charge in [0.15, 0.2) is 4.90 Å². The van der Waals surface area contributed by atoms with Crippen molar-refractivity contribution in [3.63, 3.8) is 0 Å². The summed E-state index contributed by atoms with van der Waals surface area (Å²) in [4.78, 5) is 45.2. The Labute approximate surface area is 111 Å². The van der Waals surface area contributed by atoms with Crippen LogP contribution in [-0.2, 0) is 13.9 Å². The van der Waals surface area contributed by atoms with Crippen LogP contribution in [0.3, 0.4) is 0 Å². The molecule has 0 aliphatic carbocycles. The first kappa shape index (κ1) is 18.8. The van der Waals surface area contributed by atoms with E-state index in [-0.39, 0.29) is 31.2 Å². The van der Waals surface area contributed by atoms with Crippen LogP contribution in [0.15, 0.2) is 0 Å². The van der Waals surface area contributed by atoms with Crippen LogP contribution in [0, 0.1) is 5.92 Å². The van der Waals surface area contributed by atoms with Crippen molar-refractivity contribution >= 4 is 21.1 Å². The second kappa shape index (κ2) is 6.48. The summed E-state index contributed by atoms with van der Waals surface area (Å²) in [6.07, 6.45) is -0.328. The minimum absolute atomic E-state index is 0.0607. The Morgan fingerprint density at radius 2 is 1.58 bits per heavy atom. The molecule has 0 saturated heterocycles. The van der Waals surface area contributed by atoms with E-state index in [1.165, 1.54) is 0 Å². The summed E-state index contributed by atoms with van der Waals surface area (Å²) < 4.78 is 22.5. The van der Waals surface area contributed by atoms with Gasteiger partial charge >= 0.3 is 15.2 Å². The molecule has 19 heavy (non-hydrogen) atoms. The van der Waals surface area contributed by atoms with Gasteiger partial charge in [-0.2, -0.15) is 0 Å². The fourth-order valence-electron chi connectivity index (χ4n) is 1.30. The molecule has 0 spiro atoms. The van der Waals surface area contributed by atoms with Crippen molar-refractivity contribution in [3.05, 3.63) is 0 Å². The summed E-state index contributed by atoms with van der Waals surface area (Å²) in [6.45, 7) is 4.33. The molecule has 0 saturated carbocycles. The minimum atomic E-state index is -4.97. The van der Waals surface area contributed by atoms with Crippen LogP contribution in [0.25, 0.3) is 0 Å². The van der Waals surface area contributed by atoms with Crippen LogP contribution in [0.2, 0.25) is 0 Å². The van der Waals surface area contributed by atoms with Crippen molar-refractivity contribution in [1.29, 1.82) is 0 Å². The summed E-state index contributed by atoms with van der Waals surface area (Å²) in [5.74, 6) is -0.455. The van der Waals surface area contributed by atoms with Crippen LogP contribution in [0.4, 0.5) is 0 Å². The molecule has 0 aromatic heterocycles. The van der Waals surface area contributed by atoms with Gasteiger partial charge in [-0.15, -0.1) is 0 Å². The zero-order chi connectivity index (χ0) is 15.5. The van der Waals surface area contributed by atoms with E-state index in [0.717, 1.165) is 6.92 Å². The fraction of sp³-hybridized carbons (Fsp3) is 0.889. The lowest BCUT2D eigenvalue weighted by atomic mass is 10.2. The van der Waals surface area contributed by atoms with Crippen molar-refractivity contribution in [2.75, 3.05) is 6.54 Å². The number of rotatable bonds is 7. The first-order chi connectivity index (χ1) is 8.33. The number of carbonyl (C=O) groups excluding carboxylic acids is 1. The van der Waals surface area contributed by atoms with Crippen LogP contribution in [-0.4, -0.2) is 36.9 Å². The summed E-state index contributed by atoms with van der Waals surface area (Å²) in [7, 11) is -9.94. The van der Waals surface area contributed by atoms with E-state index in [1.807, 2.05) is 0 Å². The molecule has 10 heteroatoms. The van der Waals surface area contributed by atoms with E-state index in [9.17, 15) is 13.9 Å². The van der Waals surface area contributed by atoms with Gasteiger partial charge in [-0.1, -0.05) is 13.8 Å². The maximum atomic E-state index is 11.3. The third-order valence-corrected chi connectivity index (χ3v) is 7.43. The van der Waals surface area contributed by atoms with Gasteiger partial charge in [-0.25, -0.2) is 0 Å². The Morgan fingerprint density at radius 1 is 1.16 bits per heavy atom. The number of hydrogen-bond donors (Lipinski definition) is 5. The zero-order valence-electron chi connectivity index (χ0n) is 11.1. The lowest BCUT2D eigenvalue weighted by Crippen LogP contribution is -2.31. The fourth-order valence-corrected chi connectivity index (χ4v) is 3.56. The molecule has 0 aliphatic rings. The highest BCUT2D eigenvalue weighted by atomic mass is 31.2. The maximum Gasteiger partial charge on any atom is 0.343 e. The highest BCUT2D eigenvalue weighted by Gasteiger charge is 2.55. The predicted molar refractivity (Wildman–Crippen MR) is 69.6 cm³/mol. The molecule has 1 amide bonds. The maximum absolute atomic E-state index is 11.3. The largest absolute Gasteiger partial charge is 0.356 e. The summed E-state index contributed by atoms with van der Waals surface area (Å²) in [6, 6.07) is 0. The second-order valence-electron chi connectivity index (χ2n) is 4.85. The quantitative estimate of drug-likeness (QED) is 0.342. The molecule has 114 valence electrons. The van der Waals surface area contributed by atoms with E-state index in [1.54, 1.807) is 13.8 Å². The molecule has 0 heterocycles. The van der Waals surface area contributed by atoms with Crippen LogP contribution in [0.5, 0.6) is 0 Å². The number of hydrogen-bond acceptors (Lipinski definition) is 3. The lowest BCUT2D eigenvalue weighted by molar-refractivity contribution is -0.123. The summed E-state index contributed by atoms with van der Waals surface area (Å²) in [5.41, 5.74) is 0. The Bertz CT molecular complexity index is 389. The van der Waals surface area contributed by atoms with Gasteiger partial charge in [0.25, 0.3) is 0 Å². The van der Waals surface area contributed by atoms with Gasteiger partial charge in [-0.05, 0) is 19.8 Å². The number of nitrogens with one attached hydrogen (secondary N) is 1. The van der Waals surface area contributed by atoms with Gasteiger partial charge in [0.05, 0.1) is 0 Å². The zero-order valence-corrected chi connectivity index (χ0v) is 12.9. The van der Waals surface area contributed by atoms with E-state index in [0.29, 0.717) is 0 Å². The van der Waals surface area contributed by atoms with Gasteiger partial charge in [0.2, 0.25) is 5.91 Å². The van der Waals surface area contributed by atoms with E-state index in [4.69, 9.17) is 19.6 Å². The smallest absolute Gasteiger partial charge is 0.343 e. The Kier molecular flexibility index (Phi) is 6.40. The van der Waals surface area contributed by atoms with Gasteiger partial charge < -0.3 is 24.9 Å². The van der Waals surface area contributed by atoms with Crippen molar-refractivity contribution in [1.82, 2.24) is 5.32 Å². The van der Waals surface area contributed by atoms with Gasteiger partial charge in [0, 0.05) is 12.5 Å². The predicted octanol–water partition coefficient (Wildman–Crippen LogP) is 0.610. The lowest BCUT2D eigenvalue weighted by Gasteiger charge is -2.30. The average molecular weight is 317 g/mol.